The third kappa shape index (κ3) is 4.36. The average Bonchev–Trinajstić information content (AvgIpc) is 2.47. The molecule has 0 aromatic heterocycles. The van der Waals surface area contributed by atoms with E-state index >= 15 is 0 Å². The monoisotopic (exact) mass is 274 g/mol. The summed E-state index contributed by atoms with van der Waals surface area (Å²) in [6.07, 6.45) is 6.44. The predicted molar refractivity (Wildman–Crippen MR) is 82.0 cm³/mol. The fraction of sp³-hybridized carbons (Fsp3) is 0.611. The lowest BCUT2D eigenvalue weighted by atomic mass is 9.78. The molecule has 0 N–H and O–H groups in total. The zero-order chi connectivity index (χ0) is 14.4. The second-order valence-corrected chi connectivity index (χ2v) is 6.01. The molecule has 0 unspecified atom stereocenters. The summed E-state index contributed by atoms with van der Waals surface area (Å²) < 4.78 is 5.67. The van der Waals surface area contributed by atoms with Crippen molar-refractivity contribution in [3.63, 3.8) is 0 Å². The van der Waals surface area contributed by atoms with Crippen LogP contribution in [0.3, 0.4) is 0 Å². The Bertz CT molecular complexity index is 431. The number of aryl methyl sites for hydroxylation is 1. The molecule has 2 rings (SSSR count). The van der Waals surface area contributed by atoms with Crippen LogP contribution in [0.4, 0.5) is 0 Å². The molecule has 0 saturated heterocycles. The van der Waals surface area contributed by atoms with Crippen LogP contribution in [0.25, 0.3) is 0 Å². The van der Waals surface area contributed by atoms with Gasteiger partial charge in [-0.1, -0.05) is 25.5 Å². The maximum atomic E-state index is 12.2. The van der Waals surface area contributed by atoms with Crippen molar-refractivity contribution in [1.82, 2.24) is 0 Å². The largest absolute Gasteiger partial charge is 0.493 e. The van der Waals surface area contributed by atoms with E-state index in [4.69, 9.17) is 4.74 Å². The van der Waals surface area contributed by atoms with Crippen molar-refractivity contribution in [2.75, 3.05) is 6.61 Å². The van der Waals surface area contributed by atoms with Crippen LogP contribution in [-0.4, -0.2) is 12.4 Å². The first-order chi connectivity index (χ1) is 9.69. The minimum absolute atomic E-state index is 0.291. The molecule has 1 aromatic rings. The van der Waals surface area contributed by atoms with E-state index in [0.717, 1.165) is 24.5 Å². The summed E-state index contributed by atoms with van der Waals surface area (Å²) in [5.74, 6) is 2.40. The summed E-state index contributed by atoms with van der Waals surface area (Å²) in [6.45, 7) is 4.81. The van der Waals surface area contributed by atoms with Crippen molar-refractivity contribution < 1.29 is 9.53 Å². The topological polar surface area (TPSA) is 26.3 Å². The molecule has 1 fully saturated rings. The Labute approximate surface area is 122 Å². The van der Waals surface area contributed by atoms with E-state index in [2.05, 4.69) is 6.92 Å². The van der Waals surface area contributed by atoms with Gasteiger partial charge in [0.05, 0.1) is 6.61 Å². The van der Waals surface area contributed by atoms with E-state index in [9.17, 15) is 4.79 Å². The second-order valence-electron chi connectivity index (χ2n) is 6.01. The molecule has 0 bridgehead atoms. The molecular formula is C18H26O2. The van der Waals surface area contributed by atoms with Crippen molar-refractivity contribution in [3.05, 3.63) is 29.8 Å². The van der Waals surface area contributed by atoms with Crippen LogP contribution in [0, 0.1) is 18.8 Å². The molecule has 2 heteroatoms. The van der Waals surface area contributed by atoms with E-state index in [0.29, 0.717) is 24.7 Å². The molecule has 1 aliphatic rings. The Morgan fingerprint density at radius 2 is 2.00 bits per heavy atom. The van der Waals surface area contributed by atoms with Crippen LogP contribution < -0.4 is 4.74 Å². The highest BCUT2D eigenvalue weighted by Crippen LogP contribution is 2.31. The van der Waals surface area contributed by atoms with E-state index in [1.165, 1.54) is 24.8 Å². The third-order valence-corrected chi connectivity index (χ3v) is 4.49. The van der Waals surface area contributed by atoms with Crippen LogP contribution in [0.15, 0.2) is 24.3 Å². The summed E-state index contributed by atoms with van der Waals surface area (Å²) in [4.78, 5) is 12.2. The zero-order valence-corrected chi connectivity index (χ0v) is 12.7. The number of hydrogen-bond acceptors (Lipinski definition) is 2. The summed E-state index contributed by atoms with van der Waals surface area (Å²) in [7, 11) is 0. The minimum Gasteiger partial charge on any atom is -0.493 e. The zero-order valence-electron chi connectivity index (χ0n) is 12.7. The Kier molecular flexibility index (Phi) is 5.63. The quantitative estimate of drug-likeness (QED) is 0.760. The van der Waals surface area contributed by atoms with Crippen LogP contribution in [-0.2, 0) is 4.79 Å². The molecular weight excluding hydrogens is 248 g/mol. The molecule has 0 spiro atoms. The van der Waals surface area contributed by atoms with Crippen molar-refractivity contribution >= 4 is 5.78 Å². The van der Waals surface area contributed by atoms with Gasteiger partial charge in [-0.05, 0) is 56.2 Å². The molecule has 1 aromatic carbocycles. The molecule has 0 heterocycles. The predicted octanol–water partition coefficient (Wildman–Crippen LogP) is 4.55. The van der Waals surface area contributed by atoms with Crippen LogP contribution >= 0.6 is 0 Å². The van der Waals surface area contributed by atoms with Crippen LogP contribution in [0.5, 0.6) is 5.75 Å². The first-order valence-corrected chi connectivity index (χ1v) is 7.91. The standard InChI is InChI=1S/C18H26O2/c1-3-15-7-9-16(10-8-15)18(19)11-12-20-17-6-4-5-14(2)13-17/h4-6,13,15-16H,3,7-12H2,1-2H3. The van der Waals surface area contributed by atoms with Gasteiger partial charge in [-0.25, -0.2) is 0 Å². The van der Waals surface area contributed by atoms with Gasteiger partial charge in [0.25, 0.3) is 0 Å². The Morgan fingerprint density at radius 1 is 1.25 bits per heavy atom. The van der Waals surface area contributed by atoms with Crippen molar-refractivity contribution in [1.29, 1.82) is 0 Å². The van der Waals surface area contributed by atoms with Crippen molar-refractivity contribution in [2.45, 2.75) is 52.4 Å². The highest BCUT2D eigenvalue weighted by molar-refractivity contribution is 5.81. The fourth-order valence-electron chi connectivity index (χ4n) is 3.07. The number of rotatable bonds is 6. The van der Waals surface area contributed by atoms with Crippen molar-refractivity contribution in [2.24, 2.45) is 11.8 Å². The second kappa shape index (κ2) is 7.47. The maximum absolute atomic E-state index is 12.2. The van der Waals surface area contributed by atoms with Crippen LogP contribution in [0.2, 0.25) is 0 Å². The number of hydrogen-bond donors (Lipinski definition) is 0. The van der Waals surface area contributed by atoms with E-state index in [1.54, 1.807) is 0 Å². The van der Waals surface area contributed by atoms with Gasteiger partial charge in [0, 0.05) is 12.3 Å². The fourth-order valence-corrected chi connectivity index (χ4v) is 3.07. The number of carbonyl (C=O) groups excluding carboxylic acids is 1. The molecule has 1 saturated carbocycles. The number of carbonyl (C=O) groups is 1. The summed E-state index contributed by atoms with van der Waals surface area (Å²) in [6, 6.07) is 7.99. The minimum atomic E-state index is 0.291. The van der Waals surface area contributed by atoms with E-state index < -0.39 is 0 Å². The smallest absolute Gasteiger partial charge is 0.139 e. The SMILES string of the molecule is CCC1CCC(C(=O)CCOc2cccc(C)c2)CC1. The summed E-state index contributed by atoms with van der Waals surface area (Å²) in [5.41, 5.74) is 1.19. The molecule has 0 radical (unpaired) electrons. The van der Waals surface area contributed by atoms with Gasteiger partial charge in [0.1, 0.15) is 11.5 Å². The summed E-state index contributed by atoms with van der Waals surface area (Å²) >= 11 is 0. The third-order valence-electron chi connectivity index (χ3n) is 4.49. The normalized spacial score (nSPS) is 22.5. The van der Waals surface area contributed by atoms with Gasteiger partial charge >= 0.3 is 0 Å². The number of benzene rings is 1. The molecule has 20 heavy (non-hydrogen) atoms. The molecule has 0 atom stereocenters. The number of ketones is 1. The van der Waals surface area contributed by atoms with Gasteiger partial charge in [-0.15, -0.1) is 0 Å². The van der Waals surface area contributed by atoms with E-state index in [1.807, 2.05) is 31.2 Å². The van der Waals surface area contributed by atoms with Gasteiger partial charge in [-0.3, -0.25) is 4.79 Å². The number of Topliss-reactive ketones (excluding diaryl/α,β-unsaturated/α-hetero) is 1. The molecule has 110 valence electrons. The Morgan fingerprint density at radius 3 is 2.65 bits per heavy atom. The Hall–Kier alpha value is -1.31. The van der Waals surface area contributed by atoms with Crippen molar-refractivity contribution in [3.8, 4) is 5.75 Å². The molecule has 2 nitrogen and oxygen atoms in total. The first-order valence-electron chi connectivity index (χ1n) is 7.91. The first kappa shape index (κ1) is 15.1. The van der Waals surface area contributed by atoms with Gasteiger partial charge in [-0.2, -0.15) is 0 Å². The summed E-state index contributed by atoms with van der Waals surface area (Å²) in [5, 5.41) is 0. The lowest BCUT2D eigenvalue weighted by Crippen LogP contribution is -2.23. The van der Waals surface area contributed by atoms with E-state index in [-0.39, 0.29) is 0 Å². The van der Waals surface area contributed by atoms with Crippen LogP contribution in [0.1, 0.15) is 51.0 Å². The maximum Gasteiger partial charge on any atom is 0.139 e. The molecule has 0 amide bonds. The Balaban J connectivity index is 1.70. The highest BCUT2D eigenvalue weighted by atomic mass is 16.5. The molecule has 1 aliphatic carbocycles. The number of ether oxygens (including phenoxy) is 1. The van der Waals surface area contributed by atoms with Gasteiger partial charge < -0.3 is 4.74 Å². The lowest BCUT2D eigenvalue weighted by Gasteiger charge is -2.26. The average molecular weight is 274 g/mol. The lowest BCUT2D eigenvalue weighted by molar-refractivity contribution is -0.124. The van der Waals surface area contributed by atoms with Gasteiger partial charge in [0.2, 0.25) is 0 Å². The highest BCUT2D eigenvalue weighted by Gasteiger charge is 2.24. The molecule has 0 aliphatic heterocycles. The van der Waals surface area contributed by atoms with Gasteiger partial charge in [0.15, 0.2) is 0 Å².